The lowest BCUT2D eigenvalue weighted by molar-refractivity contribution is 0.0955. The number of unbranched alkanes of at least 4 members (excludes halogenated alkanes) is 1. The number of likely N-dealkylation sites (N-methyl/N-ethyl adjacent to an activating group) is 1. The van der Waals surface area contributed by atoms with Crippen molar-refractivity contribution in [1.82, 2.24) is 15.1 Å². The first kappa shape index (κ1) is 15.5. The third kappa shape index (κ3) is 4.89. The Labute approximate surface area is 125 Å². The van der Waals surface area contributed by atoms with E-state index in [0.717, 1.165) is 30.8 Å². The van der Waals surface area contributed by atoms with E-state index in [1.807, 2.05) is 17.5 Å². The Hall–Kier alpha value is -0.910. The van der Waals surface area contributed by atoms with Crippen LogP contribution in [-0.2, 0) is 0 Å². The van der Waals surface area contributed by atoms with Crippen LogP contribution in [0.1, 0.15) is 29.4 Å². The predicted molar refractivity (Wildman–Crippen MR) is 84.4 cm³/mol. The van der Waals surface area contributed by atoms with E-state index in [1.54, 1.807) is 0 Å². The van der Waals surface area contributed by atoms with Gasteiger partial charge in [-0.2, -0.15) is 0 Å². The van der Waals surface area contributed by atoms with E-state index in [4.69, 9.17) is 0 Å². The van der Waals surface area contributed by atoms with Gasteiger partial charge in [0.1, 0.15) is 0 Å². The second-order valence-corrected chi connectivity index (χ2v) is 6.16. The number of nitrogens with zero attached hydrogens (tertiary/aromatic N) is 2. The zero-order valence-corrected chi connectivity index (χ0v) is 13.1. The maximum Gasteiger partial charge on any atom is 0.261 e. The molecule has 1 N–H and O–H groups in total. The molecule has 20 heavy (non-hydrogen) atoms. The molecule has 0 atom stereocenters. The SMILES string of the molecule is CCN1CCN(CCCCNC(=O)c2cccs2)CC1. The van der Waals surface area contributed by atoms with Crippen molar-refractivity contribution in [2.75, 3.05) is 45.8 Å². The van der Waals surface area contributed by atoms with Gasteiger partial charge >= 0.3 is 0 Å². The van der Waals surface area contributed by atoms with Gasteiger partial charge in [-0.1, -0.05) is 13.0 Å². The number of nitrogens with one attached hydrogen (secondary N) is 1. The topological polar surface area (TPSA) is 35.6 Å². The van der Waals surface area contributed by atoms with Crippen molar-refractivity contribution in [2.45, 2.75) is 19.8 Å². The molecule has 112 valence electrons. The van der Waals surface area contributed by atoms with Gasteiger partial charge < -0.3 is 15.1 Å². The molecule has 1 saturated heterocycles. The van der Waals surface area contributed by atoms with E-state index >= 15 is 0 Å². The molecule has 2 heterocycles. The van der Waals surface area contributed by atoms with Gasteiger partial charge in [0, 0.05) is 32.7 Å². The third-order valence-electron chi connectivity index (χ3n) is 3.84. The molecule has 2 rings (SSSR count). The number of carbonyl (C=O) groups is 1. The lowest BCUT2D eigenvalue weighted by atomic mass is 10.2. The molecule has 0 spiro atoms. The molecular formula is C15H25N3OS. The van der Waals surface area contributed by atoms with Crippen LogP contribution < -0.4 is 5.32 Å². The average Bonchev–Trinajstić information content (AvgIpc) is 3.01. The monoisotopic (exact) mass is 295 g/mol. The summed E-state index contributed by atoms with van der Waals surface area (Å²) in [7, 11) is 0. The number of hydrogen-bond donors (Lipinski definition) is 1. The Morgan fingerprint density at radius 3 is 2.65 bits per heavy atom. The minimum atomic E-state index is 0.0663. The van der Waals surface area contributed by atoms with E-state index in [2.05, 4.69) is 22.0 Å². The highest BCUT2D eigenvalue weighted by Crippen LogP contribution is 2.08. The van der Waals surface area contributed by atoms with Gasteiger partial charge in [0.05, 0.1) is 4.88 Å². The Balaban J connectivity index is 1.51. The summed E-state index contributed by atoms with van der Waals surface area (Å²) in [5.74, 6) is 0.0663. The molecule has 5 heteroatoms. The Bertz CT molecular complexity index is 386. The minimum Gasteiger partial charge on any atom is -0.351 e. The van der Waals surface area contributed by atoms with Crippen LogP contribution in [0, 0.1) is 0 Å². The maximum absolute atomic E-state index is 11.7. The van der Waals surface area contributed by atoms with Crippen molar-refractivity contribution in [2.24, 2.45) is 0 Å². The quantitative estimate of drug-likeness (QED) is 0.780. The number of thiophene rings is 1. The Morgan fingerprint density at radius 2 is 2.00 bits per heavy atom. The summed E-state index contributed by atoms with van der Waals surface area (Å²) in [4.78, 5) is 17.6. The summed E-state index contributed by atoms with van der Waals surface area (Å²) >= 11 is 1.49. The van der Waals surface area contributed by atoms with Gasteiger partial charge in [0.15, 0.2) is 0 Å². The molecule has 1 fully saturated rings. The second kappa shape index (κ2) is 8.39. The van der Waals surface area contributed by atoms with E-state index in [9.17, 15) is 4.79 Å². The van der Waals surface area contributed by atoms with Crippen molar-refractivity contribution in [3.63, 3.8) is 0 Å². The predicted octanol–water partition coefficient (Wildman–Crippen LogP) is 1.90. The van der Waals surface area contributed by atoms with Gasteiger partial charge in [-0.25, -0.2) is 0 Å². The number of carbonyl (C=O) groups excluding carboxylic acids is 1. The Morgan fingerprint density at radius 1 is 1.25 bits per heavy atom. The normalized spacial score (nSPS) is 17.2. The van der Waals surface area contributed by atoms with Gasteiger partial charge in [0.2, 0.25) is 0 Å². The van der Waals surface area contributed by atoms with Gasteiger partial charge in [0.25, 0.3) is 5.91 Å². The molecule has 0 aliphatic carbocycles. The van der Waals surface area contributed by atoms with Crippen molar-refractivity contribution in [3.8, 4) is 0 Å². The van der Waals surface area contributed by atoms with Crippen molar-refractivity contribution >= 4 is 17.2 Å². The molecule has 0 saturated carbocycles. The molecule has 1 aliphatic rings. The first-order valence-corrected chi connectivity index (χ1v) is 8.44. The lowest BCUT2D eigenvalue weighted by Crippen LogP contribution is -2.46. The highest BCUT2D eigenvalue weighted by molar-refractivity contribution is 7.12. The standard InChI is InChI=1S/C15H25N3OS/c1-2-17-9-11-18(12-10-17)8-4-3-7-16-15(19)14-6-5-13-20-14/h5-6,13H,2-4,7-12H2,1H3,(H,16,19). The highest BCUT2D eigenvalue weighted by atomic mass is 32.1. The summed E-state index contributed by atoms with van der Waals surface area (Å²) in [5, 5.41) is 4.92. The average molecular weight is 295 g/mol. The summed E-state index contributed by atoms with van der Waals surface area (Å²) in [5.41, 5.74) is 0. The van der Waals surface area contributed by atoms with Crippen LogP contribution in [0.4, 0.5) is 0 Å². The molecule has 0 unspecified atom stereocenters. The fourth-order valence-electron chi connectivity index (χ4n) is 2.49. The van der Waals surface area contributed by atoms with Crippen LogP contribution in [0.2, 0.25) is 0 Å². The first-order chi connectivity index (χ1) is 9.79. The van der Waals surface area contributed by atoms with Crippen molar-refractivity contribution in [3.05, 3.63) is 22.4 Å². The zero-order chi connectivity index (χ0) is 14.2. The summed E-state index contributed by atoms with van der Waals surface area (Å²) in [6.07, 6.45) is 2.22. The van der Waals surface area contributed by atoms with Crippen LogP contribution in [0.5, 0.6) is 0 Å². The van der Waals surface area contributed by atoms with Gasteiger partial charge in [-0.15, -0.1) is 11.3 Å². The van der Waals surface area contributed by atoms with Crippen molar-refractivity contribution in [1.29, 1.82) is 0 Å². The molecule has 4 nitrogen and oxygen atoms in total. The first-order valence-electron chi connectivity index (χ1n) is 7.56. The fraction of sp³-hybridized carbons (Fsp3) is 0.667. The highest BCUT2D eigenvalue weighted by Gasteiger charge is 2.14. The number of hydrogen-bond acceptors (Lipinski definition) is 4. The van der Waals surface area contributed by atoms with Gasteiger partial charge in [-0.05, 0) is 37.4 Å². The number of rotatable bonds is 7. The molecule has 0 aromatic carbocycles. The summed E-state index contributed by atoms with van der Waals surface area (Å²) in [6.45, 7) is 10.1. The van der Waals surface area contributed by atoms with E-state index in [1.165, 1.54) is 44.1 Å². The smallest absolute Gasteiger partial charge is 0.261 e. The molecule has 0 bridgehead atoms. The molecule has 1 aromatic heterocycles. The van der Waals surface area contributed by atoms with Crippen LogP contribution in [-0.4, -0.2) is 61.5 Å². The Kier molecular flexibility index (Phi) is 6.50. The molecular weight excluding hydrogens is 270 g/mol. The van der Waals surface area contributed by atoms with E-state index < -0.39 is 0 Å². The summed E-state index contributed by atoms with van der Waals surface area (Å²) < 4.78 is 0. The lowest BCUT2D eigenvalue weighted by Gasteiger charge is -2.33. The van der Waals surface area contributed by atoms with Crippen molar-refractivity contribution < 1.29 is 4.79 Å². The second-order valence-electron chi connectivity index (χ2n) is 5.22. The third-order valence-corrected chi connectivity index (χ3v) is 4.71. The number of piperazine rings is 1. The summed E-state index contributed by atoms with van der Waals surface area (Å²) in [6, 6.07) is 3.78. The maximum atomic E-state index is 11.7. The molecule has 1 amide bonds. The van der Waals surface area contributed by atoms with Crippen LogP contribution in [0.15, 0.2) is 17.5 Å². The molecule has 0 radical (unpaired) electrons. The van der Waals surface area contributed by atoms with Crippen LogP contribution in [0.25, 0.3) is 0 Å². The molecule has 1 aliphatic heterocycles. The van der Waals surface area contributed by atoms with Crippen LogP contribution >= 0.6 is 11.3 Å². The van der Waals surface area contributed by atoms with Crippen LogP contribution in [0.3, 0.4) is 0 Å². The fourth-order valence-corrected chi connectivity index (χ4v) is 3.13. The minimum absolute atomic E-state index is 0.0663. The van der Waals surface area contributed by atoms with Gasteiger partial charge in [-0.3, -0.25) is 4.79 Å². The van der Waals surface area contributed by atoms with E-state index in [-0.39, 0.29) is 5.91 Å². The largest absolute Gasteiger partial charge is 0.351 e. The molecule has 1 aromatic rings. The zero-order valence-electron chi connectivity index (χ0n) is 12.3. The number of amides is 1. The van der Waals surface area contributed by atoms with E-state index in [0.29, 0.717) is 0 Å².